The second-order valence-corrected chi connectivity index (χ2v) is 4.83. The highest BCUT2D eigenvalue weighted by Gasteiger charge is 2.03. The van der Waals surface area contributed by atoms with Crippen molar-refractivity contribution in [1.82, 2.24) is 0 Å². The first-order chi connectivity index (χ1) is 11.5. The zero-order chi connectivity index (χ0) is 17.5. The van der Waals surface area contributed by atoms with Crippen LogP contribution in [0.25, 0.3) is 0 Å². The zero-order valence-electron chi connectivity index (χ0n) is 12.9. The summed E-state index contributed by atoms with van der Waals surface area (Å²) in [6.07, 6.45) is 1.29. The third-order valence-corrected chi connectivity index (χ3v) is 3.08. The predicted octanol–water partition coefficient (Wildman–Crippen LogP) is 3.74. The molecule has 7 heteroatoms. The molecule has 0 aromatic heterocycles. The molecule has 0 aliphatic heterocycles. The summed E-state index contributed by atoms with van der Waals surface area (Å²) in [6.45, 7) is -1.15. The Morgan fingerprint density at radius 2 is 1.67 bits per heavy atom. The number of halogens is 2. The number of nitrogens with zero attached hydrogens (tertiary/aromatic N) is 2. The van der Waals surface area contributed by atoms with Crippen molar-refractivity contribution in [2.75, 3.05) is 0 Å². The van der Waals surface area contributed by atoms with Crippen molar-refractivity contribution in [3.63, 3.8) is 0 Å². The summed E-state index contributed by atoms with van der Waals surface area (Å²) in [6, 6.07) is 13.0. The van der Waals surface area contributed by atoms with Gasteiger partial charge in [0.25, 0.3) is 0 Å². The van der Waals surface area contributed by atoms with Crippen LogP contribution in [-0.2, 0) is 0 Å². The molecule has 2 aromatic rings. The Morgan fingerprint density at radius 3 is 2.21 bits per heavy atom. The van der Waals surface area contributed by atoms with Crippen LogP contribution in [0.1, 0.15) is 18.1 Å². The second-order valence-electron chi connectivity index (χ2n) is 4.83. The van der Waals surface area contributed by atoms with Gasteiger partial charge in [-0.1, -0.05) is 24.3 Å². The van der Waals surface area contributed by atoms with Crippen LogP contribution in [0.2, 0.25) is 0 Å². The molecule has 0 radical (unpaired) electrons. The summed E-state index contributed by atoms with van der Waals surface area (Å²) in [7, 11) is 0. The highest BCUT2D eigenvalue weighted by atomic mass is 19.3. The number of hydrogen-bond acceptors (Lipinski definition) is 3. The number of hydrogen-bond donors (Lipinski definition) is 2. The predicted molar refractivity (Wildman–Crippen MR) is 90.9 cm³/mol. The summed E-state index contributed by atoms with van der Waals surface area (Å²) in [5.74, 6) is 0.346. The van der Waals surface area contributed by atoms with Crippen molar-refractivity contribution < 1.29 is 13.5 Å². The van der Waals surface area contributed by atoms with Gasteiger partial charge in [0.05, 0.1) is 5.69 Å². The van der Waals surface area contributed by atoms with Crippen molar-refractivity contribution in [3.05, 3.63) is 59.7 Å². The van der Waals surface area contributed by atoms with Crippen LogP contribution < -0.4 is 10.5 Å². The van der Waals surface area contributed by atoms with E-state index in [4.69, 9.17) is 11.1 Å². The number of ether oxygens (including phenoxy) is 1. The van der Waals surface area contributed by atoms with E-state index in [0.29, 0.717) is 17.0 Å². The van der Waals surface area contributed by atoms with Gasteiger partial charge in [0, 0.05) is 11.3 Å². The molecule has 0 amide bonds. The van der Waals surface area contributed by atoms with Crippen molar-refractivity contribution in [2.45, 2.75) is 13.5 Å². The Balaban J connectivity index is 2.03. The topological polar surface area (TPSA) is 83.8 Å². The van der Waals surface area contributed by atoms with E-state index in [1.807, 2.05) is 0 Å². The molecule has 2 rings (SSSR count). The van der Waals surface area contributed by atoms with Crippen LogP contribution in [0.5, 0.6) is 5.75 Å². The molecule has 24 heavy (non-hydrogen) atoms. The van der Waals surface area contributed by atoms with E-state index in [0.717, 1.165) is 5.56 Å². The molecule has 0 bridgehead atoms. The van der Waals surface area contributed by atoms with Crippen LogP contribution in [0, 0.1) is 5.41 Å². The first kappa shape index (κ1) is 17.3. The Hall–Kier alpha value is -3.09. The van der Waals surface area contributed by atoms with Gasteiger partial charge in [-0.3, -0.25) is 0 Å². The molecule has 0 heterocycles. The fourth-order valence-electron chi connectivity index (χ4n) is 1.84. The van der Waals surface area contributed by atoms with E-state index in [-0.39, 0.29) is 11.6 Å². The Bertz CT molecular complexity index is 753. The standard InChI is InChI=1S/C17H16F2N4O/c1-11(20)12-2-4-13(5-3-12)16(21)23-10-22-14-6-8-15(9-7-14)24-17(18)19/h2-10,17,20H,1H3,(H2,21,22,23). The van der Waals surface area contributed by atoms with Crippen molar-refractivity contribution >= 4 is 23.6 Å². The number of nitrogens with two attached hydrogens (primary N) is 1. The molecule has 0 aliphatic carbocycles. The molecular weight excluding hydrogens is 314 g/mol. The maximum Gasteiger partial charge on any atom is 0.387 e. The minimum atomic E-state index is -2.86. The maximum absolute atomic E-state index is 12.0. The Kier molecular flexibility index (Phi) is 5.73. The first-order valence-electron chi connectivity index (χ1n) is 7.02. The lowest BCUT2D eigenvalue weighted by atomic mass is 10.1. The summed E-state index contributed by atoms with van der Waals surface area (Å²) in [4.78, 5) is 8.10. The molecule has 2 aromatic carbocycles. The highest BCUT2D eigenvalue weighted by Crippen LogP contribution is 2.19. The van der Waals surface area contributed by atoms with Crippen LogP contribution in [0.4, 0.5) is 14.5 Å². The molecule has 0 fully saturated rings. The normalized spacial score (nSPS) is 11.9. The zero-order valence-corrected chi connectivity index (χ0v) is 12.9. The van der Waals surface area contributed by atoms with Crippen LogP contribution in [0.3, 0.4) is 0 Å². The SMILES string of the molecule is CC(=N)c1ccc(C(N)=NC=Nc2ccc(OC(F)F)cc2)cc1. The van der Waals surface area contributed by atoms with Crippen LogP contribution >= 0.6 is 0 Å². The molecule has 0 saturated heterocycles. The summed E-state index contributed by atoms with van der Waals surface area (Å²) < 4.78 is 28.3. The van der Waals surface area contributed by atoms with Gasteiger partial charge in [0.2, 0.25) is 0 Å². The number of benzene rings is 2. The minimum absolute atomic E-state index is 0.0635. The molecule has 5 nitrogen and oxygen atoms in total. The minimum Gasteiger partial charge on any atom is -0.435 e. The number of aliphatic imine (C=N–C) groups is 2. The third kappa shape index (κ3) is 4.98. The lowest BCUT2D eigenvalue weighted by Crippen LogP contribution is -2.13. The van der Waals surface area contributed by atoms with Gasteiger partial charge in [-0.25, -0.2) is 9.98 Å². The third-order valence-electron chi connectivity index (χ3n) is 3.08. The Labute approximate surface area is 138 Å². The summed E-state index contributed by atoms with van der Waals surface area (Å²) >= 11 is 0. The lowest BCUT2D eigenvalue weighted by molar-refractivity contribution is -0.0498. The maximum atomic E-state index is 12.0. The largest absolute Gasteiger partial charge is 0.435 e. The smallest absolute Gasteiger partial charge is 0.387 e. The van der Waals surface area contributed by atoms with Gasteiger partial charge in [-0.2, -0.15) is 8.78 Å². The van der Waals surface area contributed by atoms with E-state index in [1.54, 1.807) is 31.2 Å². The van der Waals surface area contributed by atoms with Gasteiger partial charge in [-0.05, 0) is 36.8 Å². The van der Waals surface area contributed by atoms with Gasteiger partial charge < -0.3 is 15.9 Å². The quantitative estimate of drug-likeness (QED) is 0.624. The molecule has 0 unspecified atom stereocenters. The van der Waals surface area contributed by atoms with E-state index in [9.17, 15) is 8.78 Å². The highest BCUT2D eigenvalue weighted by molar-refractivity contribution is 6.02. The average molecular weight is 330 g/mol. The van der Waals surface area contributed by atoms with E-state index < -0.39 is 6.61 Å². The number of rotatable bonds is 6. The summed E-state index contributed by atoms with van der Waals surface area (Å²) in [5.41, 5.74) is 8.39. The molecular formula is C17H16F2N4O. The number of amidine groups is 1. The molecule has 0 saturated carbocycles. The molecule has 124 valence electrons. The van der Waals surface area contributed by atoms with E-state index in [2.05, 4.69) is 14.7 Å². The van der Waals surface area contributed by atoms with Gasteiger partial charge in [0.1, 0.15) is 17.9 Å². The summed E-state index contributed by atoms with van der Waals surface area (Å²) in [5, 5.41) is 7.54. The average Bonchev–Trinajstić information content (AvgIpc) is 2.56. The molecule has 0 atom stereocenters. The van der Waals surface area contributed by atoms with Gasteiger partial charge in [0.15, 0.2) is 0 Å². The fourth-order valence-corrected chi connectivity index (χ4v) is 1.84. The van der Waals surface area contributed by atoms with Gasteiger partial charge in [-0.15, -0.1) is 0 Å². The van der Waals surface area contributed by atoms with E-state index >= 15 is 0 Å². The van der Waals surface area contributed by atoms with E-state index in [1.165, 1.54) is 30.6 Å². The van der Waals surface area contributed by atoms with Gasteiger partial charge >= 0.3 is 6.61 Å². The first-order valence-corrected chi connectivity index (χ1v) is 7.02. The van der Waals surface area contributed by atoms with Crippen LogP contribution in [-0.4, -0.2) is 24.5 Å². The monoisotopic (exact) mass is 330 g/mol. The second kappa shape index (κ2) is 7.96. The number of nitrogens with one attached hydrogen (secondary N) is 1. The van der Waals surface area contributed by atoms with Crippen LogP contribution in [0.15, 0.2) is 58.5 Å². The van der Waals surface area contributed by atoms with Crippen molar-refractivity contribution in [1.29, 1.82) is 5.41 Å². The lowest BCUT2D eigenvalue weighted by Gasteiger charge is -2.03. The van der Waals surface area contributed by atoms with Crippen molar-refractivity contribution in [2.24, 2.45) is 15.7 Å². The Morgan fingerprint density at radius 1 is 1.08 bits per heavy atom. The molecule has 0 spiro atoms. The molecule has 0 aliphatic rings. The fraction of sp³-hybridized carbons (Fsp3) is 0.118. The number of alkyl halides is 2. The van der Waals surface area contributed by atoms with Crippen molar-refractivity contribution in [3.8, 4) is 5.75 Å². The molecule has 3 N–H and O–H groups in total.